The van der Waals surface area contributed by atoms with Crippen LogP contribution in [0.4, 0.5) is 23.1 Å². The van der Waals surface area contributed by atoms with E-state index in [1.807, 2.05) is 31.2 Å². The summed E-state index contributed by atoms with van der Waals surface area (Å²) in [5, 5.41) is 6.40. The average molecular weight is 362 g/mol. The van der Waals surface area contributed by atoms with Gasteiger partial charge in [0, 0.05) is 17.4 Å². The summed E-state index contributed by atoms with van der Waals surface area (Å²) in [6.07, 6.45) is 1.00. The van der Waals surface area contributed by atoms with E-state index in [0.29, 0.717) is 23.0 Å². The van der Waals surface area contributed by atoms with E-state index in [-0.39, 0.29) is 0 Å². The van der Waals surface area contributed by atoms with Crippen LogP contribution >= 0.6 is 0 Å². The Morgan fingerprint density at radius 1 is 1.04 bits per heavy atom. The smallest absolute Gasteiger partial charge is 0.339 e. The number of rotatable bonds is 6. The molecule has 0 spiro atoms. The first-order valence-electron chi connectivity index (χ1n) is 8.75. The molecule has 1 aromatic heterocycles. The van der Waals surface area contributed by atoms with Gasteiger partial charge in [-0.05, 0) is 43.2 Å². The molecule has 0 aliphatic rings. The second-order valence-corrected chi connectivity index (χ2v) is 6.06. The van der Waals surface area contributed by atoms with Gasteiger partial charge in [0.05, 0.1) is 18.4 Å². The van der Waals surface area contributed by atoms with Gasteiger partial charge in [-0.1, -0.05) is 31.2 Å². The zero-order valence-electron chi connectivity index (χ0n) is 15.6. The Morgan fingerprint density at radius 3 is 2.48 bits per heavy atom. The number of ether oxygens (including phenoxy) is 1. The van der Waals surface area contributed by atoms with Gasteiger partial charge in [-0.2, -0.15) is 4.98 Å². The molecule has 0 fully saturated rings. The van der Waals surface area contributed by atoms with Gasteiger partial charge in [-0.25, -0.2) is 9.78 Å². The highest BCUT2D eigenvalue weighted by Gasteiger charge is 2.12. The van der Waals surface area contributed by atoms with Gasteiger partial charge in [0.15, 0.2) is 0 Å². The maximum absolute atomic E-state index is 11.9. The van der Waals surface area contributed by atoms with E-state index in [0.717, 1.165) is 17.8 Å². The Hall–Kier alpha value is -3.41. The number of anilines is 4. The van der Waals surface area contributed by atoms with Crippen molar-refractivity contribution in [1.82, 2.24) is 9.97 Å². The number of benzene rings is 2. The van der Waals surface area contributed by atoms with E-state index in [1.165, 1.54) is 12.7 Å². The van der Waals surface area contributed by atoms with Crippen LogP contribution in [0.25, 0.3) is 0 Å². The number of hydrogen-bond acceptors (Lipinski definition) is 6. The molecule has 0 aliphatic heterocycles. The summed E-state index contributed by atoms with van der Waals surface area (Å²) in [5.74, 6) is 0.656. The van der Waals surface area contributed by atoms with Crippen LogP contribution in [0.5, 0.6) is 0 Å². The van der Waals surface area contributed by atoms with Crippen LogP contribution in [-0.4, -0.2) is 23.0 Å². The molecule has 3 rings (SSSR count). The third-order valence-electron chi connectivity index (χ3n) is 4.07. The monoisotopic (exact) mass is 362 g/mol. The molecule has 1 heterocycles. The van der Waals surface area contributed by atoms with Gasteiger partial charge >= 0.3 is 5.97 Å². The summed E-state index contributed by atoms with van der Waals surface area (Å²) in [5.41, 5.74) is 4.05. The number of esters is 1. The lowest BCUT2D eigenvalue weighted by Crippen LogP contribution is -2.08. The molecule has 3 aromatic rings. The van der Waals surface area contributed by atoms with Gasteiger partial charge in [-0.3, -0.25) is 0 Å². The predicted octanol–water partition coefficient (Wildman–Crippen LogP) is 4.62. The molecule has 27 heavy (non-hydrogen) atoms. The number of carbonyl (C=O) groups is 1. The minimum atomic E-state index is -0.417. The number of carbonyl (C=O) groups excluding carboxylic acids is 1. The second kappa shape index (κ2) is 8.31. The fourth-order valence-corrected chi connectivity index (χ4v) is 2.66. The number of aromatic nitrogens is 2. The third-order valence-corrected chi connectivity index (χ3v) is 4.07. The number of hydrogen-bond donors (Lipinski definition) is 2. The summed E-state index contributed by atoms with van der Waals surface area (Å²) < 4.78 is 4.83. The Morgan fingerprint density at radius 2 is 1.78 bits per heavy atom. The van der Waals surface area contributed by atoms with Crippen molar-refractivity contribution in [2.24, 2.45) is 0 Å². The average Bonchev–Trinajstić information content (AvgIpc) is 2.68. The lowest BCUT2D eigenvalue weighted by molar-refractivity contribution is 0.0602. The first kappa shape index (κ1) is 18.4. The first-order valence-corrected chi connectivity index (χ1v) is 8.75. The molecule has 0 saturated heterocycles. The Balaban J connectivity index is 1.84. The molecule has 0 unspecified atom stereocenters. The fourth-order valence-electron chi connectivity index (χ4n) is 2.66. The van der Waals surface area contributed by atoms with Gasteiger partial charge in [0.1, 0.15) is 5.82 Å². The summed E-state index contributed by atoms with van der Waals surface area (Å²) in [7, 11) is 1.36. The predicted molar refractivity (Wildman–Crippen MR) is 107 cm³/mol. The van der Waals surface area contributed by atoms with E-state index in [9.17, 15) is 4.79 Å². The zero-order chi connectivity index (χ0) is 19.2. The van der Waals surface area contributed by atoms with Crippen molar-refractivity contribution < 1.29 is 9.53 Å². The molecule has 0 saturated carbocycles. The normalized spacial score (nSPS) is 10.3. The van der Waals surface area contributed by atoms with Crippen molar-refractivity contribution in [1.29, 1.82) is 0 Å². The molecule has 0 bridgehead atoms. The highest BCUT2D eigenvalue weighted by molar-refractivity contribution is 5.96. The molecular weight excluding hydrogens is 340 g/mol. The van der Waals surface area contributed by atoms with Gasteiger partial charge < -0.3 is 15.4 Å². The van der Waals surface area contributed by atoms with Crippen molar-refractivity contribution in [3.05, 3.63) is 71.4 Å². The molecule has 0 aliphatic carbocycles. The highest BCUT2D eigenvalue weighted by atomic mass is 16.5. The van der Waals surface area contributed by atoms with Crippen molar-refractivity contribution in [2.45, 2.75) is 20.3 Å². The van der Waals surface area contributed by atoms with Crippen LogP contribution in [0.3, 0.4) is 0 Å². The number of aryl methyl sites for hydroxylation is 2. The SMILES string of the molecule is CCc1ccc(Nc2cc(C)nc(Nc3ccccc3C(=O)OC)n2)cc1. The molecule has 0 amide bonds. The van der Waals surface area contributed by atoms with E-state index in [1.54, 1.807) is 18.2 Å². The lowest BCUT2D eigenvalue weighted by Gasteiger charge is -2.12. The van der Waals surface area contributed by atoms with Crippen molar-refractivity contribution in [2.75, 3.05) is 17.7 Å². The summed E-state index contributed by atoms with van der Waals surface area (Å²) in [6, 6.07) is 17.2. The molecule has 6 heteroatoms. The van der Waals surface area contributed by atoms with Crippen molar-refractivity contribution >= 4 is 29.1 Å². The third kappa shape index (κ3) is 4.61. The number of para-hydroxylation sites is 1. The second-order valence-electron chi connectivity index (χ2n) is 6.06. The Labute approximate surface area is 158 Å². The van der Waals surface area contributed by atoms with Crippen LogP contribution in [0, 0.1) is 6.92 Å². The van der Waals surface area contributed by atoms with Crippen molar-refractivity contribution in [3.8, 4) is 0 Å². The van der Waals surface area contributed by atoms with E-state index in [4.69, 9.17) is 4.74 Å². The summed E-state index contributed by atoms with van der Waals surface area (Å²) in [4.78, 5) is 20.9. The summed E-state index contributed by atoms with van der Waals surface area (Å²) in [6.45, 7) is 4.02. The molecule has 0 radical (unpaired) electrons. The topological polar surface area (TPSA) is 76.1 Å². The van der Waals surface area contributed by atoms with E-state index in [2.05, 4.69) is 39.7 Å². The Kier molecular flexibility index (Phi) is 5.66. The standard InChI is InChI=1S/C21H22N4O2/c1-4-15-9-11-16(12-10-15)23-19-13-14(2)22-21(25-19)24-18-8-6-5-7-17(18)20(26)27-3/h5-13H,4H2,1-3H3,(H2,22,23,24,25). The number of methoxy groups -OCH3 is 1. The zero-order valence-corrected chi connectivity index (χ0v) is 15.6. The lowest BCUT2D eigenvalue weighted by atomic mass is 10.1. The molecule has 138 valence electrons. The quantitative estimate of drug-likeness (QED) is 0.623. The van der Waals surface area contributed by atoms with E-state index < -0.39 is 5.97 Å². The first-order chi connectivity index (χ1) is 13.1. The number of nitrogens with zero attached hydrogens (tertiary/aromatic N) is 2. The minimum Gasteiger partial charge on any atom is -0.465 e. The largest absolute Gasteiger partial charge is 0.465 e. The molecule has 6 nitrogen and oxygen atoms in total. The Bertz CT molecular complexity index is 939. The molecule has 2 N–H and O–H groups in total. The van der Waals surface area contributed by atoms with Crippen LogP contribution in [-0.2, 0) is 11.2 Å². The molecule has 0 atom stereocenters. The maximum Gasteiger partial charge on any atom is 0.339 e. The van der Waals surface area contributed by atoms with Gasteiger partial charge in [-0.15, -0.1) is 0 Å². The van der Waals surface area contributed by atoms with Crippen LogP contribution < -0.4 is 10.6 Å². The summed E-state index contributed by atoms with van der Waals surface area (Å²) >= 11 is 0. The molecular formula is C21H22N4O2. The van der Waals surface area contributed by atoms with Gasteiger partial charge in [0.25, 0.3) is 0 Å². The fraction of sp³-hybridized carbons (Fsp3) is 0.190. The van der Waals surface area contributed by atoms with Crippen molar-refractivity contribution in [3.63, 3.8) is 0 Å². The highest BCUT2D eigenvalue weighted by Crippen LogP contribution is 2.22. The molecule has 2 aromatic carbocycles. The van der Waals surface area contributed by atoms with Crippen LogP contribution in [0.1, 0.15) is 28.5 Å². The minimum absolute atomic E-state index is 0.402. The maximum atomic E-state index is 11.9. The van der Waals surface area contributed by atoms with Gasteiger partial charge in [0.2, 0.25) is 5.95 Å². The number of nitrogens with one attached hydrogen (secondary N) is 2. The van der Waals surface area contributed by atoms with E-state index >= 15 is 0 Å². The van der Waals surface area contributed by atoms with Crippen LogP contribution in [0.2, 0.25) is 0 Å². The van der Waals surface area contributed by atoms with Crippen LogP contribution in [0.15, 0.2) is 54.6 Å².